The third kappa shape index (κ3) is 4.05. The number of rotatable bonds is 4. The molecule has 0 radical (unpaired) electrons. The third-order valence-corrected chi connectivity index (χ3v) is 7.11. The maximum Gasteiger partial charge on any atom is 0.230 e. The molecule has 2 amide bonds. The zero-order valence-electron chi connectivity index (χ0n) is 17.5. The zero-order valence-corrected chi connectivity index (χ0v) is 17.5. The average molecular weight is 400 g/mol. The van der Waals surface area contributed by atoms with Crippen LogP contribution in [0.5, 0.6) is 0 Å². The van der Waals surface area contributed by atoms with Gasteiger partial charge in [0, 0.05) is 32.2 Å². The van der Waals surface area contributed by atoms with Crippen LogP contribution >= 0.6 is 0 Å². The summed E-state index contributed by atoms with van der Waals surface area (Å²) in [5, 5.41) is 0. The minimum Gasteiger partial charge on any atom is -0.378 e. The van der Waals surface area contributed by atoms with Crippen LogP contribution in [0.15, 0.2) is 30.3 Å². The van der Waals surface area contributed by atoms with E-state index in [1.165, 1.54) is 0 Å². The summed E-state index contributed by atoms with van der Waals surface area (Å²) in [6.45, 7) is 8.18. The Balaban J connectivity index is 1.50. The lowest BCUT2D eigenvalue weighted by molar-refractivity contribution is -0.148. The number of carbonyl (C=O) groups is 2. The Morgan fingerprint density at radius 2 is 1.72 bits per heavy atom. The monoisotopic (exact) mass is 399 g/mol. The molecule has 0 N–H and O–H groups in total. The first-order chi connectivity index (χ1) is 14.1. The largest absolute Gasteiger partial charge is 0.378 e. The fourth-order valence-corrected chi connectivity index (χ4v) is 5.44. The molecule has 0 bridgehead atoms. The Bertz CT molecular complexity index is 719. The van der Waals surface area contributed by atoms with Gasteiger partial charge in [0.15, 0.2) is 0 Å². The molecule has 0 saturated carbocycles. The van der Waals surface area contributed by atoms with Gasteiger partial charge in [0.2, 0.25) is 11.8 Å². The Morgan fingerprint density at radius 1 is 1.00 bits per heavy atom. The van der Waals surface area contributed by atoms with Crippen molar-refractivity contribution < 1.29 is 14.3 Å². The Hall–Kier alpha value is -1.92. The summed E-state index contributed by atoms with van der Waals surface area (Å²) in [4.78, 5) is 33.1. The van der Waals surface area contributed by atoms with Crippen LogP contribution in [-0.4, -0.2) is 85.0 Å². The number of hydrogen-bond acceptors (Lipinski definition) is 4. The summed E-state index contributed by atoms with van der Waals surface area (Å²) in [5.74, 6) is 0.465. The van der Waals surface area contributed by atoms with Crippen LogP contribution in [0.25, 0.3) is 0 Å². The van der Waals surface area contributed by atoms with Crippen LogP contribution < -0.4 is 0 Å². The lowest BCUT2D eigenvalue weighted by atomic mass is 9.75. The number of hydrogen-bond donors (Lipinski definition) is 0. The van der Waals surface area contributed by atoms with Gasteiger partial charge in [0.1, 0.15) is 0 Å². The molecule has 0 spiro atoms. The van der Waals surface area contributed by atoms with Crippen LogP contribution in [0.2, 0.25) is 0 Å². The molecule has 3 aliphatic rings. The minimum absolute atomic E-state index is 0.174. The van der Waals surface area contributed by atoms with Crippen molar-refractivity contribution in [1.82, 2.24) is 14.7 Å². The van der Waals surface area contributed by atoms with Crippen molar-refractivity contribution in [1.29, 1.82) is 0 Å². The van der Waals surface area contributed by atoms with Gasteiger partial charge in [0.25, 0.3) is 0 Å². The highest BCUT2D eigenvalue weighted by atomic mass is 16.5. The second-order valence-corrected chi connectivity index (χ2v) is 8.54. The summed E-state index contributed by atoms with van der Waals surface area (Å²) in [5.41, 5.74) is 0.700. The Morgan fingerprint density at radius 3 is 2.45 bits per heavy atom. The predicted molar refractivity (Wildman–Crippen MR) is 111 cm³/mol. The van der Waals surface area contributed by atoms with Crippen molar-refractivity contribution in [3.63, 3.8) is 0 Å². The molecule has 6 nitrogen and oxygen atoms in total. The van der Waals surface area contributed by atoms with Gasteiger partial charge in [-0.1, -0.05) is 37.3 Å². The number of nitrogens with zero attached hydrogens (tertiary/aromatic N) is 3. The summed E-state index contributed by atoms with van der Waals surface area (Å²) >= 11 is 0. The van der Waals surface area contributed by atoms with E-state index in [0.717, 1.165) is 44.5 Å². The molecule has 4 rings (SSSR count). The standard InChI is InChI=1S/C23H33N3O3/c1-2-24-12-9-23(22(28)26-14-16-29-17-15-26)10-13-25(11-8-20(23)24)21(27)18-19-6-4-3-5-7-19/h3-7,20H,2,8-18H2,1H3/t20-,23-/m1/s1. The summed E-state index contributed by atoms with van der Waals surface area (Å²) in [7, 11) is 0. The molecule has 0 unspecified atom stereocenters. The second kappa shape index (κ2) is 8.84. The second-order valence-electron chi connectivity index (χ2n) is 8.54. The maximum absolute atomic E-state index is 13.7. The third-order valence-electron chi connectivity index (χ3n) is 7.11. The van der Waals surface area contributed by atoms with E-state index in [2.05, 4.69) is 11.8 Å². The molecule has 3 aliphatic heterocycles. The van der Waals surface area contributed by atoms with Gasteiger partial charge < -0.3 is 14.5 Å². The molecule has 0 aromatic heterocycles. The van der Waals surface area contributed by atoms with Gasteiger partial charge in [-0.15, -0.1) is 0 Å². The first-order valence-corrected chi connectivity index (χ1v) is 11.1. The Kier molecular flexibility index (Phi) is 6.20. The van der Waals surface area contributed by atoms with Crippen LogP contribution in [0, 0.1) is 5.41 Å². The number of likely N-dealkylation sites (tertiary alicyclic amines) is 2. The smallest absolute Gasteiger partial charge is 0.230 e. The van der Waals surface area contributed by atoms with E-state index in [9.17, 15) is 9.59 Å². The quantitative estimate of drug-likeness (QED) is 0.775. The van der Waals surface area contributed by atoms with E-state index in [1.54, 1.807) is 0 Å². The van der Waals surface area contributed by atoms with Gasteiger partial charge in [-0.3, -0.25) is 14.5 Å². The normalized spacial score (nSPS) is 28.1. The lowest BCUT2D eigenvalue weighted by Crippen LogP contribution is -2.53. The number of morpholine rings is 1. The van der Waals surface area contributed by atoms with E-state index in [1.807, 2.05) is 40.1 Å². The number of fused-ring (bicyclic) bond motifs is 1. The first kappa shape index (κ1) is 20.4. The van der Waals surface area contributed by atoms with Crippen molar-refractivity contribution >= 4 is 11.8 Å². The molecular formula is C23H33N3O3. The topological polar surface area (TPSA) is 53.1 Å². The van der Waals surface area contributed by atoms with E-state index in [0.29, 0.717) is 45.2 Å². The molecule has 3 heterocycles. The van der Waals surface area contributed by atoms with Crippen molar-refractivity contribution in [2.24, 2.45) is 5.41 Å². The van der Waals surface area contributed by atoms with Gasteiger partial charge in [-0.25, -0.2) is 0 Å². The zero-order chi connectivity index (χ0) is 20.3. The van der Waals surface area contributed by atoms with E-state index in [-0.39, 0.29) is 17.4 Å². The average Bonchev–Trinajstić information content (AvgIpc) is 3.01. The molecule has 6 heteroatoms. The number of benzene rings is 1. The highest BCUT2D eigenvalue weighted by Crippen LogP contribution is 2.45. The van der Waals surface area contributed by atoms with Crippen molar-refractivity contribution in [2.75, 3.05) is 52.5 Å². The molecular weight excluding hydrogens is 366 g/mol. The van der Waals surface area contributed by atoms with E-state index < -0.39 is 0 Å². The predicted octanol–water partition coefficient (Wildman–Crippen LogP) is 1.79. The molecule has 1 aromatic carbocycles. The summed E-state index contributed by atoms with van der Waals surface area (Å²) in [6, 6.07) is 10.2. The van der Waals surface area contributed by atoms with Gasteiger partial charge >= 0.3 is 0 Å². The van der Waals surface area contributed by atoms with Crippen molar-refractivity contribution in [3.05, 3.63) is 35.9 Å². The fraction of sp³-hybridized carbons (Fsp3) is 0.652. The fourth-order valence-electron chi connectivity index (χ4n) is 5.44. The van der Waals surface area contributed by atoms with Crippen LogP contribution in [0.1, 0.15) is 31.7 Å². The SMILES string of the molecule is CCN1CC[C@@]2(C(=O)N3CCOCC3)CCN(C(=O)Cc3ccccc3)CC[C@@H]12. The lowest BCUT2D eigenvalue weighted by Gasteiger charge is -2.40. The first-order valence-electron chi connectivity index (χ1n) is 11.1. The molecule has 0 aliphatic carbocycles. The highest BCUT2D eigenvalue weighted by molar-refractivity contribution is 5.85. The highest BCUT2D eigenvalue weighted by Gasteiger charge is 2.54. The van der Waals surface area contributed by atoms with E-state index in [4.69, 9.17) is 4.74 Å². The van der Waals surface area contributed by atoms with Crippen LogP contribution in [0.4, 0.5) is 0 Å². The maximum atomic E-state index is 13.7. The summed E-state index contributed by atoms with van der Waals surface area (Å²) < 4.78 is 5.46. The Labute approximate surface area is 173 Å². The molecule has 3 saturated heterocycles. The molecule has 29 heavy (non-hydrogen) atoms. The van der Waals surface area contributed by atoms with Crippen molar-refractivity contribution in [3.8, 4) is 0 Å². The van der Waals surface area contributed by atoms with Crippen LogP contribution in [-0.2, 0) is 20.7 Å². The van der Waals surface area contributed by atoms with Gasteiger partial charge in [-0.05, 0) is 37.9 Å². The molecule has 158 valence electrons. The molecule has 1 aromatic rings. The molecule has 2 atom stereocenters. The van der Waals surface area contributed by atoms with E-state index >= 15 is 0 Å². The molecule has 3 fully saturated rings. The van der Waals surface area contributed by atoms with Gasteiger partial charge in [0.05, 0.1) is 25.0 Å². The number of carbonyl (C=O) groups excluding carboxylic acids is 2. The minimum atomic E-state index is -0.352. The van der Waals surface area contributed by atoms with Crippen molar-refractivity contribution in [2.45, 2.75) is 38.6 Å². The van der Waals surface area contributed by atoms with Gasteiger partial charge in [-0.2, -0.15) is 0 Å². The number of ether oxygens (including phenoxy) is 1. The van der Waals surface area contributed by atoms with Crippen LogP contribution in [0.3, 0.4) is 0 Å². The summed E-state index contributed by atoms with van der Waals surface area (Å²) in [6.07, 6.45) is 2.99. The number of amides is 2.